The SMILES string of the molecule is OC(COCc1ccco1)COc1ccccc1-c1nnco1. The summed E-state index contributed by atoms with van der Waals surface area (Å²) in [7, 11) is 0. The smallest absolute Gasteiger partial charge is 0.251 e. The van der Waals surface area contributed by atoms with E-state index in [1.54, 1.807) is 18.4 Å². The van der Waals surface area contributed by atoms with Gasteiger partial charge in [0.1, 0.15) is 30.8 Å². The van der Waals surface area contributed by atoms with Gasteiger partial charge >= 0.3 is 0 Å². The predicted octanol–water partition coefficient (Wildman–Crippen LogP) is 2.29. The first-order valence-electron chi connectivity index (χ1n) is 7.09. The van der Waals surface area contributed by atoms with Crippen LogP contribution in [0.1, 0.15) is 5.76 Å². The van der Waals surface area contributed by atoms with Crippen molar-refractivity contribution in [1.82, 2.24) is 10.2 Å². The van der Waals surface area contributed by atoms with Gasteiger partial charge in [-0.15, -0.1) is 10.2 Å². The van der Waals surface area contributed by atoms with Crippen LogP contribution < -0.4 is 4.74 Å². The molecule has 1 N–H and O–H groups in total. The molecule has 0 aliphatic heterocycles. The number of aromatic nitrogens is 2. The number of ether oxygens (including phenoxy) is 2. The Kier molecular flexibility index (Phi) is 5.02. The summed E-state index contributed by atoms with van der Waals surface area (Å²) >= 11 is 0. The first kappa shape index (κ1) is 15.3. The molecular weight excluding hydrogens is 300 g/mol. The van der Waals surface area contributed by atoms with Crippen LogP contribution in [0.25, 0.3) is 11.5 Å². The molecule has 0 spiro atoms. The van der Waals surface area contributed by atoms with Crippen molar-refractivity contribution in [2.45, 2.75) is 12.7 Å². The fourth-order valence-corrected chi connectivity index (χ4v) is 1.98. The molecule has 1 unspecified atom stereocenters. The number of para-hydroxylation sites is 1. The van der Waals surface area contributed by atoms with Crippen molar-refractivity contribution in [2.24, 2.45) is 0 Å². The molecule has 0 saturated heterocycles. The lowest BCUT2D eigenvalue weighted by Crippen LogP contribution is -2.23. The number of benzene rings is 1. The predicted molar refractivity (Wildman–Crippen MR) is 79.6 cm³/mol. The molecule has 7 heteroatoms. The lowest BCUT2D eigenvalue weighted by Gasteiger charge is -2.13. The van der Waals surface area contributed by atoms with E-state index in [4.69, 9.17) is 18.3 Å². The van der Waals surface area contributed by atoms with Crippen molar-refractivity contribution >= 4 is 0 Å². The van der Waals surface area contributed by atoms with E-state index < -0.39 is 6.10 Å². The fraction of sp³-hybridized carbons (Fsp3) is 0.250. The zero-order valence-corrected chi connectivity index (χ0v) is 12.3. The first-order valence-corrected chi connectivity index (χ1v) is 7.09. The third-order valence-corrected chi connectivity index (χ3v) is 3.04. The Morgan fingerprint density at radius 3 is 2.78 bits per heavy atom. The number of rotatable bonds is 8. The molecular formula is C16H16N2O5. The summed E-state index contributed by atoms with van der Waals surface area (Å²) in [6.45, 7) is 0.537. The molecule has 0 aliphatic rings. The van der Waals surface area contributed by atoms with Gasteiger partial charge in [0.2, 0.25) is 6.39 Å². The molecule has 1 aromatic carbocycles. The van der Waals surface area contributed by atoms with Gasteiger partial charge in [0.15, 0.2) is 0 Å². The molecule has 23 heavy (non-hydrogen) atoms. The van der Waals surface area contributed by atoms with Crippen molar-refractivity contribution in [1.29, 1.82) is 0 Å². The van der Waals surface area contributed by atoms with Crippen molar-refractivity contribution in [2.75, 3.05) is 13.2 Å². The van der Waals surface area contributed by atoms with E-state index >= 15 is 0 Å². The molecule has 1 atom stereocenters. The summed E-state index contributed by atoms with van der Waals surface area (Å²) in [6.07, 6.45) is 2.07. The summed E-state index contributed by atoms with van der Waals surface area (Å²) in [4.78, 5) is 0. The van der Waals surface area contributed by atoms with Crippen LogP contribution in [0.2, 0.25) is 0 Å². The Hall–Kier alpha value is -2.64. The highest BCUT2D eigenvalue weighted by Gasteiger charge is 2.12. The molecule has 0 aliphatic carbocycles. The third kappa shape index (κ3) is 4.18. The lowest BCUT2D eigenvalue weighted by atomic mass is 10.2. The van der Waals surface area contributed by atoms with Crippen LogP contribution in [-0.4, -0.2) is 34.6 Å². The van der Waals surface area contributed by atoms with Gasteiger partial charge in [-0.05, 0) is 24.3 Å². The number of nitrogens with zero attached hydrogens (tertiary/aromatic N) is 2. The van der Waals surface area contributed by atoms with Crippen LogP contribution in [0, 0.1) is 0 Å². The average molecular weight is 316 g/mol. The van der Waals surface area contributed by atoms with Crippen LogP contribution in [0.3, 0.4) is 0 Å². The summed E-state index contributed by atoms with van der Waals surface area (Å²) in [5.74, 6) is 1.63. The molecule has 120 valence electrons. The fourth-order valence-electron chi connectivity index (χ4n) is 1.98. The van der Waals surface area contributed by atoms with Crippen LogP contribution in [0.15, 0.2) is 57.9 Å². The molecule has 2 heterocycles. The zero-order chi connectivity index (χ0) is 15.9. The molecule has 0 amide bonds. The van der Waals surface area contributed by atoms with E-state index in [0.29, 0.717) is 29.6 Å². The van der Waals surface area contributed by atoms with Crippen LogP contribution >= 0.6 is 0 Å². The molecule has 0 bridgehead atoms. The number of hydrogen-bond donors (Lipinski definition) is 1. The van der Waals surface area contributed by atoms with Gasteiger partial charge in [0.05, 0.1) is 18.4 Å². The van der Waals surface area contributed by atoms with Crippen LogP contribution in [-0.2, 0) is 11.3 Å². The van der Waals surface area contributed by atoms with Crippen molar-refractivity contribution in [3.8, 4) is 17.2 Å². The topological polar surface area (TPSA) is 90.8 Å². The molecule has 0 radical (unpaired) electrons. The maximum absolute atomic E-state index is 9.93. The lowest BCUT2D eigenvalue weighted by molar-refractivity contribution is 0.000954. The normalized spacial score (nSPS) is 12.2. The van der Waals surface area contributed by atoms with E-state index in [1.165, 1.54) is 6.39 Å². The molecule has 0 fully saturated rings. The van der Waals surface area contributed by atoms with Gasteiger partial charge in [0, 0.05) is 0 Å². The molecule has 7 nitrogen and oxygen atoms in total. The maximum Gasteiger partial charge on any atom is 0.251 e. The van der Waals surface area contributed by atoms with Crippen molar-refractivity contribution in [3.63, 3.8) is 0 Å². The van der Waals surface area contributed by atoms with Crippen LogP contribution in [0.4, 0.5) is 0 Å². The number of aliphatic hydroxyl groups excluding tert-OH is 1. The zero-order valence-electron chi connectivity index (χ0n) is 12.3. The number of hydrogen-bond acceptors (Lipinski definition) is 7. The highest BCUT2D eigenvalue weighted by Crippen LogP contribution is 2.27. The quantitative estimate of drug-likeness (QED) is 0.681. The summed E-state index contributed by atoms with van der Waals surface area (Å²) in [6, 6.07) is 10.8. The Morgan fingerprint density at radius 1 is 1.09 bits per heavy atom. The summed E-state index contributed by atoms with van der Waals surface area (Å²) < 4.78 is 21.3. The largest absolute Gasteiger partial charge is 0.490 e. The standard InChI is InChI=1S/C16H16N2O5/c19-12(8-20-10-13-4-3-7-21-13)9-22-15-6-2-1-5-14(15)16-18-17-11-23-16/h1-7,11-12,19H,8-10H2. The van der Waals surface area contributed by atoms with Gasteiger partial charge in [-0.25, -0.2) is 0 Å². The monoisotopic (exact) mass is 316 g/mol. The van der Waals surface area contributed by atoms with Crippen molar-refractivity contribution < 1.29 is 23.4 Å². The molecule has 3 aromatic rings. The van der Waals surface area contributed by atoms with E-state index in [0.717, 1.165) is 0 Å². The minimum atomic E-state index is -0.763. The van der Waals surface area contributed by atoms with E-state index in [1.807, 2.05) is 24.3 Å². The van der Waals surface area contributed by atoms with Gasteiger partial charge in [-0.2, -0.15) is 0 Å². The minimum Gasteiger partial charge on any atom is -0.490 e. The number of furan rings is 1. The molecule has 3 rings (SSSR count). The molecule has 2 aromatic heterocycles. The minimum absolute atomic E-state index is 0.0866. The Labute approximate surface area is 132 Å². The highest BCUT2D eigenvalue weighted by atomic mass is 16.5. The second kappa shape index (κ2) is 7.57. The first-order chi connectivity index (χ1) is 11.3. The Balaban J connectivity index is 1.50. The average Bonchev–Trinajstić information content (AvgIpc) is 3.27. The maximum atomic E-state index is 9.93. The van der Waals surface area contributed by atoms with E-state index in [9.17, 15) is 5.11 Å². The Bertz CT molecular complexity index is 697. The van der Waals surface area contributed by atoms with Gasteiger partial charge in [-0.1, -0.05) is 12.1 Å². The molecule has 0 saturated carbocycles. The van der Waals surface area contributed by atoms with E-state index in [2.05, 4.69) is 10.2 Å². The van der Waals surface area contributed by atoms with Gasteiger partial charge in [0.25, 0.3) is 5.89 Å². The van der Waals surface area contributed by atoms with Gasteiger partial charge in [-0.3, -0.25) is 0 Å². The second-order valence-electron chi connectivity index (χ2n) is 4.80. The summed E-state index contributed by atoms with van der Waals surface area (Å²) in [5, 5.41) is 17.4. The third-order valence-electron chi connectivity index (χ3n) is 3.04. The van der Waals surface area contributed by atoms with Crippen LogP contribution in [0.5, 0.6) is 5.75 Å². The van der Waals surface area contributed by atoms with Crippen molar-refractivity contribution in [3.05, 3.63) is 54.8 Å². The second-order valence-corrected chi connectivity index (χ2v) is 4.80. The van der Waals surface area contributed by atoms with Gasteiger partial charge < -0.3 is 23.4 Å². The highest BCUT2D eigenvalue weighted by molar-refractivity contribution is 5.61. The van der Waals surface area contributed by atoms with E-state index in [-0.39, 0.29) is 13.2 Å². The summed E-state index contributed by atoms with van der Waals surface area (Å²) in [5.41, 5.74) is 0.675. The Morgan fingerprint density at radius 2 is 2.00 bits per heavy atom. The number of aliphatic hydroxyl groups is 1.